The molecule has 2 aromatic carbocycles. The first-order valence-corrected chi connectivity index (χ1v) is 19.6. The second kappa shape index (κ2) is 15.4. The van der Waals surface area contributed by atoms with E-state index in [0.717, 1.165) is 64.6 Å². The van der Waals surface area contributed by atoms with Crippen LogP contribution in [-0.4, -0.2) is 75.8 Å². The Hall–Kier alpha value is -4.26. The fraction of sp³-hybridized carbons (Fsp3) is 0.475. The molecule has 0 aliphatic carbocycles. The molecule has 4 aromatic rings. The average molecular weight is 724 g/mol. The largest absolute Gasteiger partial charge is 0.444 e. The van der Waals surface area contributed by atoms with Gasteiger partial charge in [-0.25, -0.2) is 9.78 Å². The van der Waals surface area contributed by atoms with Crippen molar-refractivity contribution < 1.29 is 19.1 Å². The lowest BCUT2D eigenvalue weighted by Gasteiger charge is -2.42. The number of aromatic nitrogens is 4. The van der Waals surface area contributed by atoms with Gasteiger partial charge in [0.2, 0.25) is 0 Å². The fourth-order valence-electron chi connectivity index (χ4n) is 7.63. The second-order valence-electron chi connectivity index (χ2n) is 14.5. The zero-order valence-corrected chi connectivity index (χ0v) is 31.7. The normalized spacial score (nSPS) is 18.3. The molecule has 0 N–H and O–H groups in total. The molecule has 0 bridgehead atoms. The number of amides is 2. The van der Waals surface area contributed by atoms with E-state index in [9.17, 15) is 9.59 Å². The van der Waals surface area contributed by atoms with Crippen molar-refractivity contribution in [2.45, 2.75) is 76.5 Å². The van der Waals surface area contributed by atoms with E-state index in [4.69, 9.17) is 14.5 Å². The Morgan fingerprint density at radius 3 is 2.54 bits per heavy atom. The summed E-state index contributed by atoms with van der Waals surface area (Å²) in [6, 6.07) is 16.4. The van der Waals surface area contributed by atoms with Crippen LogP contribution < -0.4 is 9.80 Å². The van der Waals surface area contributed by atoms with Crippen LogP contribution in [0.3, 0.4) is 0 Å². The molecule has 0 radical (unpaired) electrons. The van der Waals surface area contributed by atoms with Gasteiger partial charge < -0.3 is 14.0 Å². The summed E-state index contributed by atoms with van der Waals surface area (Å²) in [5.41, 5.74) is 5.54. The van der Waals surface area contributed by atoms with E-state index in [1.54, 1.807) is 27.9 Å². The summed E-state index contributed by atoms with van der Waals surface area (Å²) in [6.45, 7) is 11.1. The van der Waals surface area contributed by atoms with E-state index >= 15 is 0 Å². The average Bonchev–Trinajstić information content (AvgIpc) is 3.70. The summed E-state index contributed by atoms with van der Waals surface area (Å²) >= 11 is 1.68. The molecule has 5 heterocycles. The van der Waals surface area contributed by atoms with Crippen LogP contribution >= 0.6 is 11.8 Å². The van der Waals surface area contributed by atoms with Crippen LogP contribution in [0, 0.1) is 5.92 Å². The van der Waals surface area contributed by atoms with Crippen LogP contribution in [0.15, 0.2) is 59.8 Å². The van der Waals surface area contributed by atoms with Crippen LogP contribution in [-0.2, 0) is 54.5 Å². The summed E-state index contributed by atoms with van der Waals surface area (Å²) in [7, 11) is 1.93. The predicted molar refractivity (Wildman–Crippen MR) is 203 cm³/mol. The summed E-state index contributed by atoms with van der Waals surface area (Å²) in [5, 5.41) is 8.48. The smallest absolute Gasteiger partial charge is 0.415 e. The van der Waals surface area contributed by atoms with Crippen molar-refractivity contribution in [2.75, 3.05) is 48.9 Å². The molecule has 274 valence electrons. The standard InChI is InChI=1S/C40H49N7O4S/c1-6-28-10-12-29(13-11-28)23-51-39(49)46(7-2)35-17-31(40(24-50-25-40)19-37-43-41-26-44(37)4)18-36(42-35)47-22-33-32(38(47)48)15-30(16-34(33)52-5)21-45-14-8-9-27(3)20-45/h10-13,15-18,26-27H,6-9,14,19-25H2,1-5H3/t27-/m0/s1. The highest BCUT2D eigenvalue weighted by Crippen LogP contribution is 2.41. The van der Waals surface area contributed by atoms with Gasteiger partial charge in [0.05, 0.1) is 19.8 Å². The Bertz CT molecular complexity index is 1930. The van der Waals surface area contributed by atoms with E-state index in [-0.39, 0.29) is 12.5 Å². The molecule has 7 rings (SSSR count). The van der Waals surface area contributed by atoms with Crippen molar-refractivity contribution >= 4 is 35.4 Å². The van der Waals surface area contributed by atoms with E-state index in [0.29, 0.717) is 50.3 Å². The van der Waals surface area contributed by atoms with Gasteiger partial charge in [-0.2, -0.15) is 0 Å². The third kappa shape index (κ3) is 7.33. The number of carbonyl (C=O) groups excluding carboxylic acids is 2. The minimum Gasteiger partial charge on any atom is -0.444 e. The number of fused-ring (bicyclic) bond motifs is 1. The van der Waals surface area contributed by atoms with Crippen molar-refractivity contribution in [1.82, 2.24) is 24.6 Å². The highest BCUT2D eigenvalue weighted by atomic mass is 32.2. The first kappa shape index (κ1) is 36.1. The molecule has 0 saturated carbocycles. The first-order chi connectivity index (χ1) is 25.2. The molecule has 1 atom stereocenters. The van der Waals surface area contributed by atoms with Gasteiger partial charge in [0.25, 0.3) is 5.91 Å². The highest BCUT2D eigenvalue weighted by Gasteiger charge is 2.43. The topological polar surface area (TPSA) is 106 Å². The number of hydrogen-bond acceptors (Lipinski definition) is 9. The number of rotatable bonds is 12. The Labute approximate surface area is 310 Å². The maximum Gasteiger partial charge on any atom is 0.415 e. The Morgan fingerprint density at radius 2 is 1.88 bits per heavy atom. The van der Waals surface area contributed by atoms with Crippen molar-refractivity contribution in [1.29, 1.82) is 0 Å². The van der Waals surface area contributed by atoms with Gasteiger partial charge >= 0.3 is 6.09 Å². The van der Waals surface area contributed by atoms with Crippen LogP contribution in [0.1, 0.15) is 77.6 Å². The van der Waals surface area contributed by atoms with Gasteiger partial charge in [0, 0.05) is 49.0 Å². The van der Waals surface area contributed by atoms with Gasteiger partial charge in [-0.05, 0) is 97.0 Å². The molecule has 2 amide bonds. The number of nitrogens with zero attached hydrogens (tertiary/aromatic N) is 7. The third-order valence-electron chi connectivity index (χ3n) is 10.8. The molecule has 3 aliphatic rings. The Balaban J connectivity index is 1.22. The third-order valence-corrected chi connectivity index (χ3v) is 11.6. The molecule has 2 saturated heterocycles. The van der Waals surface area contributed by atoms with Crippen molar-refractivity contribution in [3.8, 4) is 0 Å². The molecular formula is C40H49N7O4S. The van der Waals surface area contributed by atoms with Gasteiger partial charge in [0.15, 0.2) is 0 Å². The molecule has 2 aromatic heterocycles. The van der Waals surface area contributed by atoms with E-state index in [1.807, 2.05) is 42.8 Å². The fourth-order valence-corrected chi connectivity index (χ4v) is 8.32. The Kier molecular flexibility index (Phi) is 10.7. The number of piperidine rings is 1. The van der Waals surface area contributed by atoms with Gasteiger partial charge in [0.1, 0.15) is 30.4 Å². The number of hydrogen-bond donors (Lipinski definition) is 0. The predicted octanol–water partition coefficient (Wildman–Crippen LogP) is 6.56. The van der Waals surface area contributed by atoms with Gasteiger partial charge in [-0.15, -0.1) is 22.0 Å². The van der Waals surface area contributed by atoms with Gasteiger partial charge in [-0.3, -0.25) is 19.5 Å². The molecule has 11 nitrogen and oxygen atoms in total. The summed E-state index contributed by atoms with van der Waals surface area (Å²) in [6.07, 6.45) is 7.27. The number of aryl methyl sites for hydroxylation is 2. The lowest BCUT2D eigenvalue weighted by atomic mass is 9.75. The van der Waals surface area contributed by atoms with Gasteiger partial charge in [-0.1, -0.05) is 38.1 Å². The molecule has 0 unspecified atom stereocenters. The highest BCUT2D eigenvalue weighted by molar-refractivity contribution is 7.98. The number of thioether (sulfide) groups is 1. The number of pyridine rings is 1. The Morgan fingerprint density at radius 1 is 1.10 bits per heavy atom. The van der Waals surface area contributed by atoms with E-state index < -0.39 is 11.5 Å². The molecular weight excluding hydrogens is 675 g/mol. The second-order valence-corrected chi connectivity index (χ2v) is 15.4. The van der Waals surface area contributed by atoms with Crippen molar-refractivity contribution in [3.63, 3.8) is 0 Å². The summed E-state index contributed by atoms with van der Waals surface area (Å²) < 4.78 is 13.6. The minimum atomic E-state index is -0.498. The maximum absolute atomic E-state index is 14.4. The summed E-state index contributed by atoms with van der Waals surface area (Å²) in [4.78, 5) is 40.1. The summed E-state index contributed by atoms with van der Waals surface area (Å²) in [5.74, 6) is 2.35. The molecule has 52 heavy (non-hydrogen) atoms. The lowest BCUT2D eigenvalue weighted by molar-refractivity contribution is -0.0611. The number of benzene rings is 2. The first-order valence-electron chi connectivity index (χ1n) is 18.4. The SMILES string of the molecule is CCc1ccc(COC(=O)N(CC)c2cc(C3(Cc4nncn4C)COC3)cc(N3Cc4c(SC)cc(CN5CCC[C@H](C)C5)cc4C3=O)n2)cc1. The van der Waals surface area contributed by atoms with Crippen molar-refractivity contribution in [2.24, 2.45) is 13.0 Å². The molecule has 3 aliphatic heterocycles. The minimum absolute atomic E-state index is 0.0804. The monoisotopic (exact) mass is 723 g/mol. The van der Waals surface area contributed by atoms with Crippen molar-refractivity contribution in [3.05, 3.63) is 94.1 Å². The number of likely N-dealkylation sites (tertiary alicyclic amines) is 1. The van der Waals surface area contributed by atoms with Crippen LogP contribution in [0.2, 0.25) is 0 Å². The molecule has 12 heteroatoms. The number of carbonyl (C=O) groups is 2. The van der Waals surface area contributed by atoms with E-state index in [1.165, 1.54) is 18.4 Å². The number of ether oxygens (including phenoxy) is 2. The quantitative estimate of drug-likeness (QED) is 0.150. The van der Waals surface area contributed by atoms with Crippen LogP contribution in [0.25, 0.3) is 0 Å². The zero-order valence-electron chi connectivity index (χ0n) is 30.9. The van der Waals surface area contributed by atoms with Crippen LogP contribution in [0.4, 0.5) is 16.4 Å². The molecule has 2 fully saturated rings. The van der Waals surface area contributed by atoms with E-state index in [2.05, 4.69) is 59.5 Å². The molecule has 0 spiro atoms. The zero-order chi connectivity index (χ0) is 36.4. The van der Waals surface area contributed by atoms with Crippen LogP contribution in [0.5, 0.6) is 0 Å². The number of anilines is 2. The lowest BCUT2D eigenvalue weighted by Crippen LogP contribution is -2.49. The maximum atomic E-state index is 14.4.